The molecular weight excluding hydrogens is 351 g/mol. The van der Waals surface area contributed by atoms with Crippen molar-refractivity contribution >= 4 is 13.1 Å². The fraction of sp³-hybridized carbons (Fsp3) is 0.333. The quantitative estimate of drug-likeness (QED) is 0.666. The van der Waals surface area contributed by atoms with Crippen molar-refractivity contribution in [1.29, 1.82) is 0 Å². The van der Waals surface area contributed by atoms with Crippen LogP contribution in [0.3, 0.4) is 0 Å². The summed E-state index contributed by atoms with van der Waals surface area (Å²) in [7, 11) is -1.01. The number of aromatic nitrogens is 1. The van der Waals surface area contributed by atoms with E-state index in [2.05, 4.69) is 4.98 Å². The number of likely N-dealkylation sites (tertiary alicyclic amines) is 1. The minimum atomic E-state index is -1.15. The van der Waals surface area contributed by atoms with Crippen LogP contribution in [-0.4, -0.2) is 52.3 Å². The van der Waals surface area contributed by atoms with E-state index in [-0.39, 0.29) is 28.7 Å². The van der Waals surface area contributed by atoms with E-state index in [1.165, 1.54) is 0 Å². The molecule has 0 radical (unpaired) electrons. The van der Waals surface area contributed by atoms with Gasteiger partial charge in [0, 0.05) is 31.4 Å². The number of aromatic amines is 1. The molecular formula is C18H19BN2O6. The normalized spacial score (nSPS) is 17.0. The van der Waals surface area contributed by atoms with Gasteiger partial charge in [-0.15, -0.1) is 0 Å². The summed E-state index contributed by atoms with van der Waals surface area (Å²) in [5, 5.41) is 19.3. The minimum Gasteiger partial charge on any atom is -0.535 e. The summed E-state index contributed by atoms with van der Waals surface area (Å²) in [6, 6.07) is 6.99. The van der Waals surface area contributed by atoms with E-state index >= 15 is 0 Å². The van der Waals surface area contributed by atoms with E-state index in [1.54, 1.807) is 30.5 Å². The highest BCUT2D eigenvalue weighted by Crippen LogP contribution is 2.37. The lowest BCUT2D eigenvalue weighted by Gasteiger charge is -2.39. The summed E-state index contributed by atoms with van der Waals surface area (Å²) in [5.74, 6) is -0.730. The Morgan fingerprint density at radius 1 is 1.37 bits per heavy atom. The molecule has 3 heterocycles. The van der Waals surface area contributed by atoms with Crippen molar-refractivity contribution in [2.24, 2.45) is 0 Å². The van der Waals surface area contributed by atoms with Gasteiger partial charge in [-0.2, -0.15) is 0 Å². The molecule has 0 saturated carbocycles. The number of benzene rings is 1. The molecule has 0 bridgehead atoms. The van der Waals surface area contributed by atoms with E-state index in [1.807, 2.05) is 4.90 Å². The highest BCUT2D eigenvalue weighted by Gasteiger charge is 2.33. The summed E-state index contributed by atoms with van der Waals surface area (Å²) < 4.78 is 11.2. The van der Waals surface area contributed by atoms with Gasteiger partial charge in [0.05, 0.1) is 0 Å². The number of nitrogens with one attached hydrogen (secondary N) is 1. The molecule has 2 aromatic rings. The standard InChI is InChI=1S/C18H19BN2O6/c22-17-12(2-1-7-20-17)8-21-9-13(10-21)26-14-4-3-11-5-6-19(25)27-16(11)15(14)18(23)24/h1-4,7,13,25H,5-6,8-10H2,(H,20,22)(H,23,24). The summed E-state index contributed by atoms with van der Waals surface area (Å²) in [6.45, 7) is 1.70. The van der Waals surface area contributed by atoms with Crippen LogP contribution >= 0.6 is 0 Å². The number of carboxylic acids is 1. The second kappa shape index (κ2) is 7.09. The number of carboxylic acid groups (broad SMARTS) is 1. The maximum absolute atomic E-state index is 11.7. The molecule has 1 aromatic heterocycles. The number of pyridine rings is 1. The second-order valence-corrected chi connectivity index (χ2v) is 6.80. The highest BCUT2D eigenvalue weighted by atomic mass is 16.5. The first-order valence-electron chi connectivity index (χ1n) is 8.80. The highest BCUT2D eigenvalue weighted by molar-refractivity contribution is 6.44. The maximum atomic E-state index is 11.7. The number of carbonyl (C=O) groups is 1. The van der Waals surface area contributed by atoms with Gasteiger partial charge in [-0.3, -0.25) is 9.69 Å². The predicted octanol–water partition coefficient (Wildman–Crippen LogP) is 0.752. The lowest BCUT2D eigenvalue weighted by Crippen LogP contribution is -2.53. The van der Waals surface area contributed by atoms with Crippen molar-refractivity contribution in [2.75, 3.05) is 13.1 Å². The van der Waals surface area contributed by atoms with Crippen LogP contribution in [-0.2, 0) is 13.0 Å². The third-order valence-electron chi connectivity index (χ3n) is 4.84. The molecule has 0 spiro atoms. The summed E-state index contributed by atoms with van der Waals surface area (Å²) in [6.07, 6.45) is 2.41. The number of fused-ring (bicyclic) bond motifs is 1. The molecule has 1 saturated heterocycles. The van der Waals surface area contributed by atoms with Crippen LogP contribution in [0.1, 0.15) is 21.5 Å². The first-order chi connectivity index (χ1) is 13.0. The molecule has 2 aliphatic heterocycles. The molecule has 8 nitrogen and oxygen atoms in total. The Hall–Kier alpha value is -2.78. The largest absolute Gasteiger partial charge is 0.535 e. The van der Waals surface area contributed by atoms with E-state index in [0.29, 0.717) is 37.9 Å². The van der Waals surface area contributed by atoms with Crippen molar-refractivity contribution in [3.63, 3.8) is 0 Å². The van der Waals surface area contributed by atoms with Gasteiger partial charge in [-0.05, 0) is 30.4 Å². The Kier molecular flexibility index (Phi) is 4.63. The molecule has 4 rings (SSSR count). The molecule has 0 amide bonds. The molecule has 0 unspecified atom stereocenters. The van der Waals surface area contributed by atoms with Crippen LogP contribution in [0, 0.1) is 0 Å². The van der Waals surface area contributed by atoms with Gasteiger partial charge in [0.15, 0.2) is 0 Å². The summed E-state index contributed by atoms with van der Waals surface area (Å²) in [5.41, 5.74) is 1.27. The van der Waals surface area contributed by atoms with Crippen molar-refractivity contribution in [3.05, 3.63) is 57.5 Å². The van der Waals surface area contributed by atoms with Crippen LogP contribution in [0.25, 0.3) is 0 Å². The maximum Gasteiger partial charge on any atom is 0.522 e. The smallest absolute Gasteiger partial charge is 0.522 e. The van der Waals surface area contributed by atoms with Gasteiger partial charge in [-0.25, -0.2) is 4.79 Å². The molecule has 27 heavy (non-hydrogen) atoms. The van der Waals surface area contributed by atoms with Crippen molar-refractivity contribution in [2.45, 2.75) is 25.4 Å². The van der Waals surface area contributed by atoms with Crippen molar-refractivity contribution in [3.8, 4) is 11.5 Å². The van der Waals surface area contributed by atoms with E-state index < -0.39 is 13.1 Å². The predicted molar refractivity (Wildman–Crippen MR) is 97.3 cm³/mol. The average Bonchev–Trinajstić information content (AvgIpc) is 2.60. The molecule has 1 aromatic carbocycles. The third-order valence-corrected chi connectivity index (χ3v) is 4.84. The van der Waals surface area contributed by atoms with Crippen molar-refractivity contribution in [1.82, 2.24) is 9.88 Å². The average molecular weight is 370 g/mol. The molecule has 9 heteroatoms. The zero-order chi connectivity index (χ0) is 19.0. The Morgan fingerprint density at radius 3 is 2.93 bits per heavy atom. The van der Waals surface area contributed by atoms with Gasteiger partial charge in [0.2, 0.25) is 0 Å². The SMILES string of the molecule is O=C(O)c1c(OC2CN(Cc3ccc[nH]c3=O)C2)ccc2c1OB(O)CC2. The first-order valence-corrected chi connectivity index (χ1v) is 8.80. The molecule has 3 N–H and O–H groups in total. The number of ether oxygens (including phenoxy) is 1. The number of hydrogen-bond donors (Lipinski definition) is 3. The number of rotatable bonds is 5. The van der Waals surface area contributed by atoms with Crippen LogP contribution in [0.5, 0.6) is 11.5 Å². The van der Waals surface area contributed by atoms with E-state index in [4.69, 9.17) is 9.39 Å². The monoisotopic (exact) mass is 370 g/mol. The van der Waals surface area contributed by atoms with E-state index in [9.17, 15) is 19.7 Å². The van der Waals surface area contributed by atoms with Gasteiger partial charge >= 0.3 is 13.1 Å². The Morgan fingerprint density at radius 2 is 2.19 bits per heavy atom. The lowest BCUT2D eigenvalue weighted by atomic mass is 9.78. The fourth-order valence-electron chi connectivity index (χ4n) is 3.44. The van der Waals surface area contributed by atoms with Crippen LogP contribution in [0.2, 0.25) is 6.32 Å². The molecule has 0 atom stereocenters. The molecule has 0 aliphatic carbocycles. The molecule has 2 aliphatic rings. The summed E-state index contributed by atoms with van der Waals surface area (Å²) in [4.78, 5) is 28.2. The van der Waals surface area contributed by atoms with Gasteiger partial charge in [0.25, 0.3) is 5.56 Å². The number of hydrogen-bond acceptors (Lipinski definition) is 6. The van der Waals surface area contributed by atoms with Gasteiger partial charge in [-0.1, -0.05) is 12.1 Å². The Balaban J connectivity index is 1.45. The fourth-order valence-corrected chi connectivity index (χ4v) is 3.44. The van der Waals surface area contributed by atoms with Gasteiger partial charge < -0.3 is 24.5 Å². The number of nitrogens with zero attached hydrogens (tertiary/aromatic N) is 1. The summed E-state index contributed by atoms with van der Waals surface area (Å²) >= 11 is 0. The van der Waals surface area contributed by atoms with Crippen LogP contribution in [0.4, 0.5) is 0 Å². The third kappa shape index (κ3) is 3.56. The topological polar surface area (TPSA) is 112 Å². The lowest BCUT2D eigenvalue weighted by molar-refractivity contribution is 0.0132. The molecule has 1 fully saturated rings. The zero-order valence-corrected chi connectivity index (χ0v) is 14.6. The zero-order valence-electron chi connectivity index (χ0n) is 14.6. The Bertz CT molecular complexity index is 924. The van der Waals surface area contributed by atoms with Gasteiger partial charge in [0.1, 0.15) is 23.2 Å². The minimum absolute atomic E-state index is 0.0517. The number of H-pyrrole nitrogens is 1. The second-order valence-electron chi connectivity index (χ2n) is 6.80. The Labute approximate surface area is 155 Å². The number of aryl methyl sites for hydroxylation is 1. The first kappa shape index (κ1) is 17.6. The molecule has 140 valence electrons. The van der Waals surface area contributed by atoms with Crippen molar-refractivity contribution < 1.29 is 24.3 Å². The van der Waals surface area contributed by atoms with E-state index in [0.717, 1.165) is 5.56 Å². The van der Waals surface area contributed by atoms with Crippen LogP contribution in [0.15, 0.2) is 35.3 Å². The van der Waals surface area contributed by atoms with Crippen LogP contribution < -0.4 is 15.0 Å². The number of aromatic carboxylic acids is 1.